The Morgan fingerprint density at radius 2 is 1.97 bits per heavy atom. The fourth-order valence-electron chi connectivity index (χ4n) is 4.26. The number of pyridine rings is 1. The highest BCUT2D eigenvalue weighted by atomic mass is 19.3. The molecule has 1 aromatic heterocycles. The van der Waals surface area contributed by atoms with Crippen molar-refractivity contribution in [3.05, 3.63) is 47.7 Å². The van der Waals surface area contributed by atoms with Crippen LogP contribution in [-0.4, -0.2) is 53.9 Å². The third-order valence-electron chi connectivity index (χ3n) is 5.92. The number of nitrogens with zero attached hydrogens (tertiary/aromatic N) is 2. The van der Waals surface area contributed by atoms with Gasteiger partial charge in [0.25, 0.3) is 0 Å². The molecule has 0 radical (unpaired) electrons. The molecule has 0 aliphatic carbocycles. The summed E-state index contributed by atoms with van der Waals surface area (Å²) in [4.78, 5) is 17.9. The van der Waals surface area contributed by atoms with Crippen molar-refractivity contribution in [2.45, 2.75) is 51.7 Å². The van der Waals surface area contributed by atoms with E-state index in [-0.39, 0.29) is 24.1 Å². The second-order valence-corrected chi connectivity index (χ2v) is 8.00. The molecule has 0 amide bonds. The summed E-state index contributed by atoms with van der Waals surface area (Å²) in [6.07, 6.45) is 2.88. The second-order valence-electron chi connectivity index (χ2n) is 8.00. The van der Waals surface area contributed by atoms with Gasteiger partial charge in [-0.1, -0.05) is 26.0 Å². The van der Waals surface area contributed by atoms with Gasteiger partial charge in [0.15, 0.2) is 0 Å². The van der Waals surface area contributed by atoms with Crippen molar-refractivity contribution in [1.29, 1.82) is 0 Å². The van der Waals surface area contributed by atoms with Gasteiger partial charge in [-0.05, 0) is 48.1 Å². The van der Waals surface area contributed by atoms with Crippen LogP contribution < -0.4 is 10.1 Å². The highest BCUT2D eigenvalue weighted by molar-refractivity contribution is 5.69. The summed E-state index contributed by atoms with van der Waals surface area (Å²) in [5.41, 5.74) is 2.83. The summed E-state index contributed by atoms with van der Waals surface area (Å²) in [6.45, 7) is 4.21. The van der Waals surface area contributed by atoms with E-state index in [0.29, 0.717) is 25.5 Å². The second kappa shape index (κ2) is 11.9. The maximum atomic E-state index is 12.4. The quantitative estimate of drug-likeness (QED) is 0.475. The fraction of sp³-hybridized carbons (Fsp3) is 0.500. The van der Waals surface area contributed by atoms with Gasteiger partial charge in [-0.15, -0.1) is 0 Å². The molecule has 2 N–H and O–H groups in total. The molecule has 33 heavy (non-hydrogen) atoms. The predicted molar refractivity (Wildman–Crippen MR) is 121 cm³/mol. The number of carboxylic acid groups (broad SMARTS) is 1. The van der Waals surface area contributed by atoms with E-state index >= 15 is 0 Å². The Labute approximate surface area is 192 Å². The Bertz CT molecular complexity index is 905. The Morgan fingerprint density at radius 1 is 1.21 bits per heavy atom. The summed E-state index contributed by atoms with van der Waals surface area (Å²) in [6, 6.07) is 9.21. The number of aromatic nitrogens is 1. The van der Waals surface area contributed by atoms with Crippen LogP contribution in [0.4, 0.5) is 20.3 Å². The number of ether oxygens (including phenoxy) is 2. The Kier molecular flexibility index (Phi) is 8.96. The van der Waals surface area contributed by atoms with Crippen LogP contribution in [0.3, 0.4) is 0 Å². The van der Waals surface area contributed by atoms with Crippen LogP contribution in [0.15, 0.2) is 36.5 Å². The molecule has 1 aliphatic rings. The number of halogens is 2. The van der Waals surface area contributed by atoms with Crippen LogP contribution in [0.5, 0.6) is 5.75 Å². The van der Waals surface area contributed by atoms with Gasteiger partial charge >= 0.3 is 12.6 Å². The van der Waals surface area contributed by atoms with Gasteiger partial charge in [-0.25, -0.2) is 4.98 Å². The first-order chi connectivity index (χ1) is 15.9. The molecule has 180 valence electrons. The molecule has 2 aromatic rings. The van der Waals surface area contributed by atoms with Crippen LogP contribution in [0.1, 0.15) is 56.2 Å². The summed E-state index contributed by atoms with van der Waals surface area (Å²) < 4.78 is 34.8. The third kappa shape index (κ3) is 6.85. The Hall–Kier alpha value is -2.78. The zero-order chi connectivity index (χ0) is 23.8. The summed E-state index contributed by atoms with van der Waals surface area (Å²) >= 11 is 0. The van der Waals surface area contributed by atoms with Gasteiger partial charge in [-0.3, -0.25) is 9.69 Å². The molecule has 2 atom stereocenters. The Balaban J connectivity index is 1.95. The van der Waals surface area contributed by atoms with E-state index in [4.69, 9.17) is 4.74 Å². The summed E-state index contributed by atoms with van der Waals surface area (Å²) in [7, 11) is 0. The standard InChI is InChI=1S/C24H31F2N3O4/c1-3-16(14-23(30)31)17-5-7-19(21(4-2)29-9-11-32-12-10-29)20(13-17)28-22-8-6-18(15-27-22)33-24(25)26/h5-8,13,15-16,21,24H,3-4,9-12,14H2,1-2H3,(H,27,28)(H,30,31)/t16-,21+/m0/s1. The average Bonchev–Trinajstić information content (AvgIpc) is 2.80. The number of hydrogen-bond donors (Lipinski definition) is 2. The number of benzene rings is 1. The van der Waals surface area contributed by atoms with Crippen molar-refractivity contribution in [1.82, 2.24) is 9.88 Å². The zero-order valence-corrected chi connectivity index (χ0v) is 19.0. The van der Waals surface area contributed by atoms with Gasteiger partial charge in [0.2, 0.25) is 0 Å². The topological polar surface area (TPSA) is 83.9 Å². The van der Waals surface area contributed by atoms with Gasteiger partial charge < -0.3 is 19.9 Å². The molecule has 0 saturated carbocycles. The van der Waals surface area contributed by atoms with Crippen LogP contribution in [0.2, 0.25) is 0 Å². The number of aliphatic carboxylic acids is 1. The average molecular weight is 464 g/mol. The van der Waals surface area contributed by atoms with E-state index in [0.717, 1.165) is 36.3 Å². The molecular formula is C24H31F2N3O4. The molecule has 1 aromatic carbocycles. The number of hydrogen-bond acceptors (Lipinski definition) is 6. The van der Waals surface area contributed by atoms with Crippen LogP contribution >= 0.6 is 0 Å². The van der Waals surface area contributed by atoms with E-state index in [1.54, 1.807) is 6.07 Å². The lowest BCUT2D eigenvalue weighted by Crippen LogP contribution is -2.39. The number of rotatable bonds is 11. The van der Waals surface area contributed by atoms with Gasteiger partial charge in [0.05, 0.1) is 25.8 Å². The molecule has 0 spiro atoms. The minimum absolute atomic E-state index is 0.0169. The predicted octanol–water partition coefficient (Wildman–Crippen LogP) is 5.18. The number of alkyl halides is 2. The largest absolute Gasteiger partial charge is 0.481 e. The van der Waals surface area contributed by atoms with Crippen LogP contribution in [0, 0.1) is 0 Å². The van der Waals surface area contributed by atoms with E-state index in [2.05, 4.69) is 32.9 Å². The lowest BCUT2D eigenvalue weighted by molar-refractivity contribution is -0.137. The van der Waals surface area contributed by atoms with Crippen molar-refractivity contribution in [3.8, 4) is 5.75 Å². The van der Waals surface area contributed by atoms with E-state index < -0.39 is 12.6 Å². The molecule has 0 bridgehead atoms. The normalized spacial score (nSPS) is 16.4. The molecule has 0 unspecified atom stereocenters. The van der Waals surface area contributed by atoms with Crippen molar-refractivity contribution in [2.75, 3.05) is 31.6 Å². The number of anilines is 2. The molecular weight excluding hydrogens is 432 g/mol. The molecule has 2 heterocycles. The molecule has 1 saturated heterocycles. The molecule has 9 heteroatoms. The fourth-order valence-corrected chi connectivity index (χ4v) is 4.26. The SMILES string of the molecule is CC[C@@H](CC(=O)O)c1ccc([C@@H](CC)N2CCOCC2)c(Nc2ccc(OC(F)F)cn2)c1. The smallest absolute Gasteiger partial charge is 0.387 e. The molecule has 3 rings (SSSR count). The van der Waals surface area contributed by atoms with Gasteiger partial charge in [-0.2, -0.15) is 8.78 Å². The van der Waals surface area contributed by atoms with Gasteiger partial charge in [0.1, 0.15) is 11.6 Å². The molecule has 1 fully saturated rings. The van der Waals surface area contributed by atoms with Crippen molar-refractivity contribution < 1.29 is 28.2 Å². The lowest BCUT2D eigenvalue weighted by atomic mass is 9.90. The van der Waals surface area contributed by atoms with Gasteiger partial charge in [0, 0.05) is 24.8 Å². The first-order valence-electron chi connectivity index (χ1n) is 11.3. The number of nitrogens with one attached hydrogen (secondary N) is 1. The van der Waals surface area contributed by atoms with Crippen LogP contribution in [-0.2, 0) is 9.53 Å². The first-order valence-corrected chi connectivity index (χ1v) is 11.3. The summed E-state index contributed by atoms with van der Waals surface area (Å²) in [5, 5.41) is 12.6. The van der Waals surface area contributed by atoms with E-state index in [1.807, 2.05) is 19.1 Å². The monoisotopic (exact) mass is 463 g/mol. The highest BCUT2D eigenvalue weighted by Crippen LogP contribution is 2.36. The van der Waals surface area contributed by atoms with Crippen LogP contribution in [0.25, 0.3) is 0 Å². The maximum Gasteiger partial charge on any atom is 0.387 e. The lowest BCUT2D eigenvalue weighted by Gasteiger charge is -2.35. The first kappa shape index (κ1) is 24.9. The van der Waals surface area contributed by atoms with Crippen molar-refractivity contribution >= 4 is 17.5 Å². The minimum Gasteiger partial charge on any atom is -0.481 e. The highest BCUT2D eigenvalue weighted by Gasteiger charge is 2.25. The number of carboxylic acids is 1. The van der Waals surface area contributed by atoms with Crippen molar-refractivity contribution in [3.63, 3.8) is 0 Å². The third-order valence-corrected chi connectivity index (χ3v) is 5.92. The van der Waals surface area contributed by atoms with Crippen molar-refractivity contribution in [2.24, 2.45) is 0 Å². The summed E-state index contributed by atoms with van der Waals surface area (Å²) in [5.74, 6) is -0.485. The zero-order valence-electron chi connectivity index (χ0n) is 19.0. The number of morpholine rings is 1. The molecule has 7 nitrogen and oxygen atoms in total. The van der Waals surface area contributed by atoms with E-state index in [1.165, 1.54) is 12.3 Å². The maximum absolute atomic E-state index is 12.4. The number of carbonyl (C=O) groups is 1. The minimum atomic E-state index is -2.91. The van der Waals surface area contributed by atoms with E-state index in [9.17, 15) is 18.7 Å². The molecule has 1 aliphatic heterocycles. The Morgan fingerprint density at radius 3 is 2.55 bits per heavy atom.